The largest absolute Gasteiger partial charge is 0.443 e. The molecule has 0 atom stereocenters. The van der Waals surface area contributed by atoms with Gasteiger partial charge in [-0.1, -0.05) is 39.4 Å². The van der Waals surface area contributed by atoms with E-state index in [4.69, 9.17) is 4.74 Å². The number of fused-ring (bicyclic) bond motifs is 1. The summed E-state index contributed by atoms with van der Waals surface area (Å²) in [6.45, 7) is 5.54. The molecule has 0 saturated heterocycles. The minimum absolute atomic E-state index is 0.392. The van der Waals surface area contributed by atoms with Gasteiger partial charge in [-0.15, -0.1) is 0 Å². The van der Waals surface area contributed by atoms with Crippen molar-refractivity contribution in [2.75, 3.05) is 11.9 Å². The van der Waals surface area contributed by atoms with Crippen molar-refractivity contribution in [1.82, 2.24) is 4.98 Å². The van der Waals surface area contributed by atoms with E-state index < -0.39 is 11.7 Å². The first kappa shape index (κ1) is 15.3. The van der Waals surface area contributed by atoms with Crippen LogP contribution >= 0.6 is 27.3 Å². The van der Waals surface area contributed by atoms with Crippen LogP contribution in [-0.2, 0) is 10.1 Å². The number of alkyl halides is 1. The maximum Gasteiger partial charge on any atom is 0.416 e. The maximum absolute atomic E-state index is 12.1. The van der Waals surface area contributed by atoms with Gasteiger partial charge in [0.05, 0.1) is 10.2 Å². The van der Waals surface area contributed by atoms with Crippen LogP contribution in [-0.4, -0.2) is 23.7 Å². The lowest BCUT2D eigenvalue weighted by Gasteiger charge is -2.23. The summed E-state index contributed by atoms with van der Waals surface area (Å²) >= 11 is 4.94. The first-order valence-electron chi connectivity index (χ1n) is 6.23. The lowest BCUT2D eigenvalue weighted by molar-refractivity contribution is 0.0589. The van der Waals surface area contributed by atoms with Crippen LogP contribution < -0.4 is 4.90 Å². The number of rotatable bonds is 2. The fourth-order valence-corrected chi connectivity index (χ4v) is 3.07. The second kappa shape index (κ2) is 5.69. The Kier molecular flexibility index (Phi) is 4.34. The zero-order valence-corrected chi connectivity index (χ0v) is 14.3. The number of thiazole rings is 1. The smallest absolute Gasteiger partial charge is 0.416 e. The second-order valence-corrected chi connectivity index (χ2v) is 7.00. The second-order valence-electron chi connectivity index (χ2n) is 5.43. The third-order valence-electron chi connectivity index (χ3n) is 2.59. The molecule has 0 N–H and O–H groups in total. The number of nitrogens with zero attached hydrogens (tertiary/aromatic N) is 2. The average molecular weight is 357 g/mol. The minimum atomic E-state index is -0.511. The predicted molar refractivity (Wildman–Crippen MR) is 86.9 cm³/mol. The maximum atomic E-state index is 12.1. The molecule has 1 amide bonds. The van der Waals surface area contributed by atoms with E-state index in [2.05, 4.69) is 20.9 Å². The molecule has 108 valence electrons. The molecule has 20 heavy (non-hydrogen) atoms. The summed E-state index contributed by atoms with van der Waals surface area (Å²) in [6.07, 6.45) is -0.392. The van der Waals surface area contributed by atoms with Crippen LogP contribution in [0.2, 0.25) is 0 Å². The number of carbonyl (C=O) groups is 1. The van der Waals surface area contributed by atoms with Crippen LogP contribution in [0.1, 0.15) is 26.3 Å². The molecule has 0 saturated carbocycles. The molecule has 0 aliphatic rings. The van der Waals surface area contributed by atoms with Crippen molar-refractivity contribution in [2.24, 2.45) is 0 Å². The van der Waals surface area contributed by atoms with Crippen LogP contribution in [0.5, 0.6) is 0 Å². The van der Waals surface area contributed by atoms with Crippen molar-refractivity contribution in [2.45, 2.75) is 31.7 Å². The molecule has 1 aromatic carbocycles. The molecule has 0 aliphatic heterocycles. The summed E-state index contributed by atoms with van der Waals surface area (Å²) in [6, 6.07) is 6.02. The van der Waals surface area contributed by atoms with E-state index in [-0.39, 0.29) is 0 Å². The number of carbonyl (C=O) groups excluding carboxylic acids is 1. The molecule has 0 aliphatic carbocycles. The zero-order valence-electron chi connectivity index (χ0n) is 11.9. The Balaban J connectivity index is 2.31. The minimum Gasteiger partial charge on any atom is -0.443 e. The van der Waals surface area contributed by atoms with E-state index >= 15 is 0 Å². The molecule has 0 fully saturated rings. The van der Waals surface area contributed by atoms with E-state index in [1.165, 1.54) is 16.2 Å². The highest BCUT2D eigenvalue weighted by Gasteiger charge is 2.22. The molecule has 4 nitrogen and oxygen atoms in total. The summed E-state index contributed by atoms with van der Waals surface area (Å²) in [5, 5.41) is 1.38. The first-order valence-corrected chi connectivity index (χ1v) is 8.17. The first-order chi connectivity index (χ1) is 9.31. The molecule has 0 spiro atoms. The Bertz CT molecular complexity index is 634. The van der Waals surface area contributed by atoms with E-state index in [9.17, 15) is 4.79 Å². The Morgan fingerprint density at radius 1 is 1.45 bits per heavy atom. The van der Waals surface area contributed by atoms with Gasteiger partial charge in [-0.25, -0.2) is 9.78 Å². The number of aromatic nitrogens is 1. The fourth-order valence-electron chi connectivity index (χ4n) is 1.65. The standard InChI is InChI=1S/C14H17BrN2O2S/c1-14(2,3)19-13(18)17(4)12-16-11-9(8-15)6-5-7-10(11)20-12/h5-7H,8H2,1-4H3. The van der Waals surface area contributed by atoms with Gasteiger partial charge in [0.15, 0.2) is 5.13 Å². The van der Waals surface area contributed by atoms with Gasteiger partial charge in [-0.2, -0.15) is 0 Å². The summed E-state index contributed by atoms with van der Waals surface area (Å²) in [7, 11) is 1.68. The van der Waals surface area contributed by atoms with Gasteiger partial charge in [0, 0.05) is 12.4 Å². The van der Waals surface area contributed by atoms with Gasteiger partial charge in [0.2, 0.25) is 0 Å². The number of para-hydroxylation sites is 1. The highest BCUT2D eigenvalue weighted by atomic mass is 79.9. The molecule has 2 aromatic rings. The molecule has 6 heteroatoms. The Labute approximate surface area is 130 Å². The molecule has 0 bridgehead atoms. The summed E-state index contributed by atoms with van der Waals surface area (Å²) in [5.41, 5.74) is 1.53. The zero-order chi connectivity index (χ0) is 14.9. The molecule has 1 heterocycles. The normalized spacial score (nSPS) is 11.7. The molecule has 0 unspecified atom stereocenters. The Morgan fingerprint density at radius 2 is 2.15 bits per heavy atom. The Hall–Kier alpha value is -1.14. The summed E-state index contributed by atoms with van der Waals surface area (Å²) in [4.78, 5) is 18.1. The highest BCUT2D eigenvalue weighted by molar-refractivity contribution is 9.08. The predicted octanol–water partition coefficient (Wildman–Crippen LogP) is 4.56. The number of ether oxygens (including phenoxy) is 1. The topological polar surface area (TPSA) is 42.4 Å². The van der Waals surface area contributed by atoms with Crippen LogP contribution in [0.3, 0.4) is 0 Å². The van der Waals surface area contributed by atoms with Gasteiger partial charge in [-0.3, -0.25) is 4.90 Å². The molecular weight excluding hydrogens is 340 g/mol. The number of hydrogen-bond acceptors (Lipinski definition) is 4. The third kappa shape index (κ3) is 3.30. The van der Waals surface area contributed by atoms with Gasteiger partial charge >= 0.3 is 6.09 Å². The molecular formula is C14H17BrN2O2S. The van der Waals surface area contributed by atoms with Crippen LogP contribution in [0.15, 0.2) is 18.2 Å². The van der Waals surface area contributed by atoms with Crippen LogP contribution in [0, 0.1) is 0 Å². The summed E-state index contributed by atoms with van der Waals surface area (Å²) in [5.74, 6) is 0. The fraction of sp³-hybridized carbons (Fsp3) is 0.429. The lowest BCUT2D eigenvalue weighted by Crippen LogP contribution is -2.34. The van der Waals surface area contributed by atoms with E-state index in [0.29, 0.717) is 5.13 Å². The average Bonchev–Trinajstić information content (AvgIpc) is 2.79. The van der Waals surface area contributed by atoms with Crippen molar-refractivity contribution in [3.8, 4) is 0 Å². The van der Waals surface area contributed by atoms with Crippen molar-refractivity contribution in [3.63, 3.8) is 0 Å². The van der Waals surface area contributed by atoms with Crippen molar-refractivity contribution < 1.29 is 9.53 Å². The molecule has 1 aromatic heterocycles. The number of hydrogen-bond donors (Lipinski definition) is 0. The van der Waals surface area contributed by atoms with Gasteiger partial charge in [0.25, 0.3) is 0 Å². The van der Waals surface area contributed by atoms with Crippen molar-refractivity contribution in [1.29, 1.82) is 0 Å². The highest BCUT2D eigenvalue weighted by Crippen LogP contribution is 2.31. The van der Waals surface area contributed by atoms with E-state index in [1.807, 2.05) is 39.0 Å². The van der Waals surface area contributed by atoms with Crippen molar-refractivity contribution in [3.05, 3.63) is 23.8 Å². The van der Waals surface area contributed by atoms with E-state index in [1.54, 1.807) is 7.05 Å². The quantitative estimate of drug-likeness (QED) is 0.740. The van der Waals surface area contributed by atoms with Crippen LogP contribution in [0.25, 0.3) is 10.2 Å². The van der Waals surface area contributed by atoms with Crippen molar-refractivity contribution >= 4 is 48.7 Å². The number of anilines is 1. The lowest BCUT2D eigenvalue weighted by atomic mass is 10.2. The number of benzene rings is 1. The van der Waals surface area contributed by atoms with Crippen LogP contribution in [0.4, 0.5) is 9.93 Å². The Morgan fingerprint density at radius 3 is 2.75 bits per heavy atom. The third-order valence-corrected chi connectivity index (χ3v) is 4.29. The van der Waals surface area contributed by atoms with Gasteiger partial charge in [-0.05, 0) is 32.4 Å². The van der Waals surface area contributed by atoms with Gasteiger partial charge in [0.1, 0.15) is 5.60 Å². The summed E-state index contributed by atoms with van der Waals surface area (Å²) < 4.78 is 6.41. The monoisotopic (exact) mass is 356 g/mol. The SMILES string of the molecule is CN(C(=O)OC(C)(C)C)c1nc2c(CBr)cccc2s1. The molecule has 0 radical (unpaired) electrons. The van der Waals surface area contributed by atoms with E-state index in [0.717, 1.165) is 21.1 Å². The number of halogens is 1. The number of amides is 1. The molecule has 2 rings (SSSR count). The van der Waals surface area contributed by atoms with Gasteiger partial charge < -0.3 is 4.74 Å².